The molecule has 0 saturated carbocycles. The number of carbonyl (C=O) groups is 2. The van der Waals surface area contributed by atoms with Crippen molar-refractivity contribution in [3.63, 3.8) is 0 Å². The number of ether oxygens (including phenoxy) is 3. The van der Waals surface area contributed by atoms with Crippen LogP contribution in [-0.2, 0) is 17.6 Å². The highest BCUT2D eigenvalue weighted by Gasteiger charge is 2.26. The van der Waals surface area contributed by atoms with Gasteiger partial charge in [-0.3, -0.25) is 14.4 Å². The van der Waals surface area contributed by atoms with Crippen LogP contribution in [0.3, 0.4) is 0 Å². The van der Waals surface area contributed by atoms with Crippen molar-refractivity contribution in [3.8, 4) is 28.6 Å². The fourth-order valence-corrected chi connectivity index (χ4v) is 6.15. The molecule has 0 aliphatic heterocycles. The summed E-state index contributed by atoms with van der Waals surface area (Å²) in [5.74, 6) is -0.311. The number of nitrogens with one attached hydrogen (secondary N) is 1. The van der Waals surface area contributed by atoms with Crippen LogP contribution in [0, 0.1) is 0 Å². The minimum Gasteiger partial charge on any atom is -0.493 e. The lowest BCUT2D eigenvalue weighted by Crippen LogP contribution is -2.24. The number of halogens is 1. The van der Waals surface area contributed by atoms with E-state index in [0.717, 1.165) is 36.1 Å². The van der Waals surface area contributed by atoms with Crippen molar-refractivity contribution in [1.29, 1.82) is 0 Å². The van der Waals surface area contributed by atoms with E-state index in [1.807, 2.05) is 0 Å². The van der Waals surface area contributed by atoms with Gasteiger partial charge in [-0.05, 0) is 67.6 Å². The van der Waals surface area contributed by atoms with E-state index < -0.39 is 23.9 Å². The number of amides is 2. The molecule has 1 aliphatic carbocycles. The summed E-state index contributed by atoms with van der Waals surface area (Å²) in [7, 11) is 3.00. The highest BCUT2D eigenvalue weighted by atomic mass is 35.5. The van der Waals surface area contributed by atoms with Crippen molar-refractivity contribution in [2.45, 2.75) is 25.7 Å². The van der Waals surface area contributed by atoms with Crippen LogP contribution in [0.15, 0.2) is 45.6 Å². The Morgan fingerprint density at radius 2 is 1.85 bits per heavy atom. The van der Waals surface area contributed by atoms with Crippen molar-refractivity contribution in [3.05, 3.63) is 67.6 Å². The summed E-state index contributed by atoms with van der Waals surface area (Å²) in [4.78, 5) is 39.7. The third-order valence-corrected chi connectivity index (χ3v) is 7.92. The number of primary amides is 1. The maximum atomic E-state index is 13.5. The molecule has 0 spiro atoms. The highest BCUT2D eigenvalue weighted by molar-refractivity contribution is 7.17. The number of carbonyl (C=O) groups excluding carboxylic acids is 2. The van der Waals surface area contributed by atoms with Gasteiger partial charge in [0.25, 0.3) is 11.8 Å². The first-order chi connectivity index (χ1) is 18.8. The molecule has 2 amide bonds. The molecule has 0 radical (unpaired) electrons. The topological polar surface area (TPSA) is 130 Å². The molecule has 11 heteroatoms. The van der Waals surface area contributed by atoms with E-state index >= 15 is 0 Å². The van der Waals surface area contributed by atoms with Gasteiger partial charge >= 0.3 is 0 Å². The summed E-state index contributed by atoms with van der Waals surface area (Å²) >= 11 is 7.47. The first kappa shape index (κ1) is 26.6. The summed E-state index contributed by atoms with van der Waals surface area (Å²) < 4.78 is 22.6. The number of fused-ring (bicyclic) bond motifs is 2. The molecule has 0 unspecified atom stereocenters. The van der Waals surface area contributed by atoms with Crippen LogP contribution >= 0.6 is 22.9 Å². The molecule has 2 heterocycles. The van der Waals surface area contributed by atoms with Crippen LogP contribution in [-0.4, -0.2) is 32.6 Å². The Labute approximate surface area is 232 Å². The maximum Gasteiger partial charge on any atom is 0.262 e. The van der Waals surface area contributed by atoms with Crippen LogP contribution in [0.4, 0.5) is 5.00 Å². The molecule has 2 aromatic heterocycles. The second kappa shape index (κ2) is 11.0. The average Bonchev–Trinajstić information content (AvgIpc) is 3.30. The van der Waals surface area contributed by atoms with Crippen molar-refractivity contribution in [2.24, 2.45) is 5.73 Å². The first-order valence-electron chi connectivity index (χ1n) is 12.2. The zero-order chi connectivity index (χ0) is 27.7. The third kappa shape index (κ3) is 5.17. The molecule has 0 bridgehead atoms. The molecule has 2 aromatic carbocycles. The van der Waals surface area contributed by atoms with E-state index in [0.29, 0.717) is 38.2 Å². The fourth-order valence-electron chi connectivity index (χ4n) is 4.66. The highest BCUT2D eigenvalue weighted by Crippen LogP contribution is 2.39. The van der Waals surface area contributed by atoms with Gasteiger partial charge in [-0.2, -0.15) is 0 Å². The Hall–Kier alpha value is -4.02. The monoisotopic (exact) mass is 568 g/mol. The molecule has 0 saturated heterocycles. The number of benzene rings is 2. The first-order valence-corrected chi connectivity index (χ1v) is 13.4. The number of hydrogen-bond acceptors (Lipinski definition) is 8. The van der Waals surface area contributed by atoms with Gasteiger partial charge in [0.1, 0.15) is 10.6 Å². The zero-order valence-electron chi connectivity index (χ0n) is 21.2. The van der Waals surface area contributed by atoms with Crippen molar-refractivity contribution in [1.82, 2.24) is 0 Å². The summed E-state index contributed by atoms with van der Waals surface area (Å²) in [5.41, 5.74) is 7.15. The van der Waals surface area contributed by atoms with E-state index in [4.69, 9.17) is 36.0 Å². The molecule has 39 heavy (non-hydrogen) atoms. The normalized spacial score (nSPS) is 12.6. The van der Waals surface area contributed by atoms with Crippen molar-refractivity contribution < 1.29 is 28.2 Å². The lowest BCUT2D eigenvalue weighted by molar-refractivity contribution is -0.118. The molecule has 9 nitrogen and oxygen atoms in total. The lowest BCUT2D eigenvalue weighted by Gasteiger charge is -2.14. The van der Waals surface area contributed by atoms with Crippen molar-refractivity contribution >= 4 is 50.7 Å². The third-order valence-electron chi connectivity index (χ3n) is 6.47. The van der Waals surface area contributed by atoms with E-state index in [-0.39, 0.29) is 16.9 Å². The molecule has 5 rings (SSSR count). The van der Waals surface area contributed by atoms with Crippen molar-refractivity contribution in [2.75, 3.05) is 26.1 Å². The van der Waals surface area contributed by atoms with E-state index in [2.05, 4.69) is 5.32 Å². The van der Waals surface area contributed by atoms with E-state index in [1.165, 1.54) is 31.6 Å². The smallest absolute Gasteiger partial charge is 0.262 e. The SMILES string of the molecule is COc1ccc(-c2oc3ccc(Cl)cc3c(=O)c2OCC(=O)Nc2sc3c(c2C(N)=O)CCCC3)cc1OC. The minimum absolute atomic E-state index is 0.105. The summed E-state index contributed by atoms with van der Waals surface area (Å²) in [5, 5.41) is 3.67. The number of aryl methyl sites for hydroxylation is 1. The number of hydrogen-bond donors (Lipinski definition) is 2. The summed E-state index contributed by atoms with van der Waals surface area (Å²) in [6.07, 6.45) is 3.55. The second-order valence-corrected chi connectivity index (χ2v) is 10.5. The summed E-state index contributed by atoms with van der Waals surface area (Å²) in [6.45, 7) is -0.516. The van der Waals surface area contributed by atoms with Gasteiger partial charge in [-0.15, -0.1) is 11.3 Å². The van der Waals surface area contributed by atoms with Crippen LogP contribution in [0.5, 0.6) is 17.2 Å². The second-order valence-electron chi connectivity index (χ2n) is 8.92. The Morgan fingerprint density at radius 1 is 1.08 bits per heavy atom. The molecule has 1 aliphatic rings. The van der Waals surface area contributed by atoms with Gasteiger partial charge in [0, 0.05) is 15.5 Å². The Morgan fingerprint density at radius 3 is 2.59 bits per heavy atom. The van der Waals surface area contributed by atoms with Gasteiger partial charge in [-0.25, -0.2) is 0 Å². The predicted octanol–water partition coefficient (Wildman–Crippen LogP) is 5.19. The quantitative estimate of drug-likeness (QED) is 0.299. The molecular weight excluding hydrogens is 544 g/mol. The van der Waals surface area contributed by atoms with Crippen LogP contribution in [0.1, 0.15) is 33.6 Å². The molecule has 3 N–H and O–H groups in total. The zero-order valence-corrected chi connectivity index (χ0v) is 22.8. The molecule has 202 valence electrons. The number of anilines is 1. The molecule has 0 atom stereocenters. The standard InChI is InChI=1S/C28H25ClN2O7S/c1-35-19-9-7-14(11-20(19)36-2)25-26(24(33)17-12-15(29)8-10-18(17)38-25)37-13-22(32)31-28-23(27(30)34)16-5-3-4-6-21(16)39-28/h7-12H,3-6,13H2,1-2H3,(H2,30,34)(H,31,32). The fraction of sp³-hybridized carbons (Fsp3) is 0.250. The Balaban J connectivity index is 1.50. The van der Waals surface area contributed by atoms with Gasteiger partial charge < -0.3 is 29.7 Å². The Bertz CT molecular complexity index is 1660. The van der Waals surface area contributed by atoms with Crippen LogP contribution in [0.2, 0.25) is 5.02 Å². The van der Waals surface area contributed by atoms with Crippen LogP contribution < -0.4 is 30.7 Å². The van der Waals surface area contributed by atoms with Gasteiger partial charge in [0.05, 0.1) is 25.2 Å². The number of methoxy groups -OCH3 is 2. The molecule has 0 fully saturated rings. The molecular formula is C28H25ClN2O7S. The summed E-state index contributed by atoms with van der Waals surface area (Å²) in [6, 6.07) is 9.66. The van der Waals surface area contributed by atoms with E-state index in [9.17, 15) is 14.4 Å². The van der Waals surface area contributed by atoms with Gasteiger partial charge in [0.15, 0.2) is 23.9 Å². The lowest BCUT2D eigenvalue weighted by atomic mass is 9.95. The Kier molecular flexibility index (Phi) is 7.49. The van der Waals surface area contributed by atoms with Gasteiger partial charge in [0.2, 0.25) is 11.2 Å². The maximum absolute atomic E-state index is 13.5. The minimum atomic E-state index is -0.589. The van der Waals surface area contributed by atoms with E-state index in [1.54, 1.807) is 30.3 Å². The average molecular weight is 569 g/mol. The van der Waals surface area contributed by atoms with Crippen LogP contribution in [0.25, 0.3) is 22.3 Å². The van der Waals surface area contributed by atoms with Gasteiger partial charge in [-0.1, -0.05) is 11.6 Å². The predicted molar refractivity (Wildman–Crippen MR) is 150 cm³/mol. The number of nitrogens with two attached hydrogens (primary N) is 1. The number of thiophene rings is 1. The molecule has 4 aromatic rings. The number of rotatable bonds is 8. The largest absolute Gasteiger partial charge is 0.493 e.